The van der Waals surface area contributed by atoms with E-state index in [2.05, 4.69) is 24.2 Å². The first kappa shape index (κ1) is 15.0. The quantitative estimate of drug-likeness (QED) is 0.897. The molecule has 1 amide bonds. The third-order valence-corrected chi connectivity index (χ3v) is 3.68. The highest BCUT2D eigenvalue weighted by atomic mass is 16.3. The Hall–Kier alpha value is -1.43. The lowest BCUT2D eigenvalue weighted by atomic mass is 9.92. The zero-order valence-electron chi connectivity index (χ0n) is 12.7. The maximum Gasteiger partial charge on any atom is 0.244 e. The van der Waals surface area contributed by atoms with Gasteiger partial charge in [-0.1, -0.05) is 19.1 Å². The highest BCUT2D eigenvalue weighted by Crippen LogP contribution is 2.21. The van der Waals surface area contributed by atoms with Crippen LogP contribution >= 0.6 is 0 Å². The second-order valence-electron chi connectivity index (χ2n) is 6.61. The summed E-state index contributed by atoms with van der Waals surface area (Å²) < 4.78 is 1.50. The van der Waals surface area contributed by atoms with Gasteiger partial charge in [-0.05, 0) is 32.1 Å². The Kier molecular flexibility index (Phi) is 4.13. The van der Waals surface area contributed by atoms with E-state index in [1.54, 1.807) is 20.0 Å². The minimum Gasteiger partial charge on any atom is -0.384 e. The van der Waals surface area contributed by atoms with Crippen LogP contribution in [0.4, 0.5) is 0 Å². The first-order chi connectivity index (χ1) is 9.25. The monoisotopic (exact) mass is 280 g/mol. The molecule has 0 spiro atoms. The van der Waals surface area contributed by atoms with Crippen LogP contribution in [0.2, 0.25) is 0 Å². The number of likely N-dealkylation sites (tertiary alicyclic amines) is 1. The summed E-state index contributed by atoms with van der Waals surface area (Å²) in [5.74, 6) is 1.16. The van der Waals surface area contributed by atoms with Gasteiger partial charge in [0.15, 0.2) is 0 Å². The molecule has 1 aromatic heterocycles. The molecular formula is C14H24N4O2. The van der Waals surface area contributed by atoms with Crippen LogP contribution in [-0.4, -0.2) is 44.0 Å². The molecule has 112 valence electrons. The zero-order chi connectivity index (χ0) is 14.9. The van der Waals surface area contributed by atoms with Gasteiger partial charge in [-0.2, -0.15) is 0 Å². The summed E-state index contributed by atoms with van der Waals surface area (Å²) in [6, 6.07) is 0. The summed E-state index contributed by atoms with van der Waals surface area (Å²) in [6.45, 7) is 9.47. The molecule has 2 unspecified atom stereocenters. The molecule has 20 heavy (non-hydrogen) atoms. The van der Waals surface area contributed by atoms with E-state index in [1.165, 1.54) is 11.1 Å². The van der Waals surface area contributed by atoms with Crippen molar-refractivity contribution in [2.45, 2.75) is 46.3 Å². The van der Waals surface area contributed by atoms with Crippen molar-refractivity contribution in [3.8, 4) is 0 Å². The van der Waals surface area contributed by atoms with Crippen molar-refractivity contribution >= 4 is 5.91 Å². The molecular weight excluding hydrogens is 256 g/mol. The second kappa shape index (κ2) is 5.52. The highest BCUT2D eigenvalue weighted by molar-refractivity contribution is 5.76. The second-order valence-corrected chi connectivity index (χ2v) is 6.61. The molecule has 2 rings (SSSR count). The Balaban J connectivity index is 1.99. The Labute approximate surface area is 119 Å². The topological polar surface area (TPSA) is 71.2 Å². The van der Waals surface area contributed by atoms with E-state index in [9.17, 15) is 9.90 Å². The molecule has 1 aliphatic heterocycles. The molecule has 1 fully saturated rings. The number of amides is 1. The van der Waals surface area contributed by atoms with Gasteiger partial charge in [0.2, 0.25) is 5.91 Å². The maximum absolute atomic E-state index is 12.3. The summed E-state index contributed by atoms with van der Waals surface area (Å²) in [6.07, 6.45) is 2.81. The van der Waals surface area contributed by atoms with Crippen molar-refractivity contribution in [3.05, 3.63) is 11.9 Å². The van der Waals surface area contributed by atoms with Crippen LogP contribution in [0.5, 0.6) is 0 Å². The van der Waals surface area contributed by atoms with Crippen LogP contribution < -0.4 is 0 Å². The van der Waals surface area contributed by atoms with E-state index in [-0.39, 0.29) is 12.5 Å². The van der Waals surface area contributed by atoms with E-state index in [4.69, 9.17) is 0 Å². The Bertz CT molecular complexity index is 468. The lowest BCUT2D eigenvalue weighted by molar-refractivity contribution is -0.134. The van der Waals surface area contributed by atoms with Gasteiger partial charge < -0.3 is 10.0 Å². The third kappa shape index (κ3) is 3.56. The number of piperidine rings is 1. The molecule has 6 nitrogen and oxygen atoms in total. The largest absolute Gasteiger partial charge is 0.384 e. The predicted molar refractivity (Wildman–Crippen MR) is 74.8 cm³/mol. The molecule has 1 aliphatic rings. The van der Waals surface area contributed by atoms with Crippen molar-refractivity contribution in [2.75, 3.05) is 13.1 Å². The SMILES string of the molecule is CC1CC(C)CN(C(=O)Cn2cc(C(C)(C)O)nn2)C1. The lowest BCUT2D eigenvalue weighted by Crippen LogP contribution is -2.44. The number of aliphatic hydroxyl groups is 1. The molecule has 0 bridgehead atoms. The van der Waals surface area contributed by atoms with Gasteiger partial charge in [0.25, 0.3) is 0 Å². The number of aromatic nitrogens is 3. The van der Waals surface area contributed by atoms with Crippen LogP contribution in [0.25, 0.3) is 0 Å². The van der Waals surface area contributed by atoms with Gasteiger partial charge in [-0.25, -0.2) is 4.68 Å². The molecule has 0 saturated carbocycles. The Morgan fingerprint density at radius 2 is 2.00 bits per heavy atom. The van der Waals surface area contributed by atoms with Crippen molar-refractivity contribution in [3.63, 3.8) is 0 Å². The maximum atomic E-state index is 12.3. The average Bonchev–Trinajstić information content (AvgIpc) is 2.75. The molecule has 1 aromatic rings. The fourth-order valence-electron chi connectivity index (χ4n) is 2.76. The Morgan fingerprint density at radius 3 is 2.50 bits per heavy atom. The number of hydrogen-bond donors (Lipinski definition) is 1. The van der Waals surface area contributed by atoms with E-state index in [0.717, 1.165) is 13.1 Å². The standard InChI is InChI=1S/C14H24N4O2/c1-10-5-11(2)7-17(6-10)13(19)9-18-8-12(15-16-18)14(3,4)20/h8,10-11,20H,5-7,9H2,1-4H3. The molecule has 0 aliphatic carbocycles. The molecule has 0 aromatic carbocycles. The first-order valence-electron chi connectivity index (χ1n) is 7.16. The van der Waals surface area contributed by atoms with Gasteiger partial charge in [-0.15, -0.1) is 5.10 Å². The van der Waals surface area contributed by atoms with Gasteiger partial charge in [-0.3, -0.25) is 4.79 Å². The normalized spacial score (nSPS) is 23.9. The molecule has 0 radical (unpaired) electrons. The van der Waals surface area contributed by atoms with Crippen LogP contribution in [0.3, 0.4) is 0 Å². The van der Waals surface area contributed by atoms with E-state index in [0.29, 0.717) is 17.5 Å². The molecule has 6 heteroatoms. The Morgan fingerprint density at radius 1 is 1.40 bits per heavy atom. The van der Waals surface area contributed by atoms with Gasteiger partial charge >= 0.3 is 0 Å². The van der Waals surface area contributed by atoms with Crippen LogP contribution in [0, 0.1) is 11.8 Å². The highest BCUT2D eigenvalue weighted by Gasteiger charge is 2.26. The molecule has 1 N–H and O–H groups in total. The van der Waals surface area contributed by atoms with E-state index < -0.39 is 5.60 Å². The summed E-state index contributed by atoms with van der Waals surface area (Å²) in [5.41, 5.74) is -0.555. The van der Waals surface area contributed by atoms with Crippen molar-refractivity contribution in [2.24, 2.45) is 11.8 Å². The number of hydrogen-bond acceptors (Lipinski definition) is 4. The van der Waals surface area contributed by atoms with Crippen LogP contribution in [-0.2, 0) is 16.9 Å². The minimum absolute atomic E-state index is 0.0654. The fourth-order valence-corrected chi connectivity index (χ4v) is 2.76. The van der Waals surface area contributed by atoms with Gasteiger partial charge in [0.1, 0.15) is 17.8 Å². The average molecular weight is 280 g/mol. The predicted octanol–water partition coefficient (Wildman–Crippen LogP) is 1.01. The summed E-state index contributed by atoms with van der Waals surface area (Å²) in [7, 11) is 0. The lowest BCUT2D eigenvalue weighted by Gasteiger charge is -2.34. The summed E-state index contributed by atoms with van der Waals surface area (Å²) in [5, 5.41) is 17.7. The van der Waals surface area contributed by atoms with Gasteiger partial charge in [0, 0.05) is 13.1 Å². The van der Waals surface area contributed by atoms with Crippen LogP contribution in [0.1, 0.15) is 39.8 Å². The fraction of sp³-hybridized carbons (Fsp3) is 0.786. The third-order valence-electron chi connectivity index (χ3n) is 3.68. The van der Waals surface area contributed by atoms with Crippen molar-refractivity contribution < 1.29 is 9.90 Å². The number of carbonyl (C=O) groups excluding carboxylic acids is 1. The summed E-state index contributed by atoms with van der Waals surface area (Å²) in [4.78, 5) is 14.2. The number of rotatable bonds is 3. The molecule has 2 atom stereocenters. The zero-order valence-corrected chi connectivity index (χ0v) is 12.7. The number of nitrogens with zero attached hydrogens (tertiary/aromatic N) is 4. The number of carbonyl (C=O) groups is 1. The molecule has 2 heterocycles. The molecule has 1 saturated heterocycles. The summed E-state index contributed by atoms with van der Waals surface area (Å²) >= 11 is 0. The van der Waals surface area contributed by atoms with Gasteiger partial charge in [0.05, 0.1) is 6.20 Å². The van der Waals surface area contributed by atoms with E-state index in [1.807, 2.05) is 4.90 Å². The first-order valence-corrected chi connectivity index (χ1v) is 7.16. The van der Waals surface area contributed by atoms with Crippen molar-refractivity contribution in [1.82, 2.24) is 19.9 Å². The van der Waals surface area contributed by atoms with Crippen molar-refractivity contribution in [1.29, 1.82) is 0 Å². The van der Waals surface area contributed by atoms with Crippen LogP contribution in [0.15, 0.2) is 6.20 Å². The minimum atomic E-state index is -1.03. The van der Waals surface area contributed by atoms with E-state index >= 15 is 0 Å². The smallest absolute Gasteiger partial charge is 0.244 e.